The zero-order valence-electron chi connectivity index (χ0n) is 45.7. The molecule has 0 saturated carbocycles. The van der Waals surface area contributed by atoms with Crippen molar-refractivity contribution < 1.29 is 72.3 Å². The number of aromatic amines is 1. The molecule has 3 heterocycles. The van der Waals surface area contributed by atoms with Gasteiger partial charge >= 0.3 is 14.1 Å². The summed E-state index contributed by atoms with van der Waals surface area (Å²) < 4.78 is 4.73. The molecule has 2 saturated heterocycles. The Balaban J connectivity index is 1.52. The number of carbonyl (C=O) groups excluding carboxylic acids is 9. The number of hydrogen-bond donors (Lipinski definition) is 16. The van der Waals surface area contributed by atoms with Gasteiger partial charge in [0.25, 0.3) is 0 Å². The minimum Gasteiger partial charge on any atom is -0.480 e. The molecule has 2 fully saturated rings. The molecule has 0 aliphatic carbocycles. The third kappa shape index (κ3) is 22.0. The summed E-state index contributed by atoms with van der Waals surface area (Å²) in [6.07, 6.45) is 4.34. The molecule has 32 heteroatoms. The third-order valence-corrected chi connectivity index (χ3v) is 14.3. The fourth-order valence-electron chi connectivity index (χ4n) is 9.21. The van der Waals surface area contributed by atoms with Crippen LogP contribution in [0, 0.1) is 5.92 Å². The molecule has 2 aliphatic rings. The first-order chi connectivity index (χ1) is 38.2. The zero-order chi connectivity index (χ0) is 60.1. The lowest BCUT2D eigenvalue weighted by Gasteiger charge is -2.32. The summed E-state index contributed by atoms with van der Waals surface area (Å²) in [5.74, 6) is -8.32. The number of nitrogens with zero attached hydrogens (tertiary/aromatic N) is 3. The standard InChI is InChI=1S/C49H78N15O15PS/c1-26(2)20-31(50)41(67)61-35(22-29-24-54-25-56-29)46(72)63-17-7-10-38(63)45(71)62-36(23-39(51)65)47(73)64-18-6-9-37(64)44(70)58-32(15-19-81-4)42(68)60-34(21-28-11-13-30(14-12-28)79-80(76,77)78)43(69)57-27(3)40(66)59-33(48(74)75)8-5-16-55-49(52)53/h11-14,24-27,31-38,49,55,76-78H,5-10,15-23,50,52-53H2,1-4H3,(H9-,51,54,56,57,58,59,60,61,62,65,66,67,68,69,70,71,74,75)/p+1/t27-,31-,32-,33-,34-,35-,36-,37-,38-/m0/s1. The summed E-state index contributed by atoms with van der Waals surface area (Å²) in [5, 5.41) is 28.0. The lowest BCUT2D eigenvalue weighted by Crippen LogP contribution is -2.60. The van der Waals surface area contributed by atoms with E-state index in [-0.39, 0.29) is 76.2 Å². The molecular weight excluding hydrogens is 1100 g/mol. The number of carboxylic acids is 1. The van der Waals surface area contributed by atoms with Crippen LogP contribution in [0.5, 0.6) is 5.75 Å². The number of aliphatic carboxylic acids is 1. The molecule has 81 heavy (non-hydrogen) atoms. The number of rotatable bonds is 33. The van der Waals surface area contributed by atoms with Crippen LogP contribution in [0.15, 0.2) is 36.8 Å². The van der Waals surface area contributed by atoms with E-state index in [0.29, 0.717) is 36.3 Å². The van der Waals surface area contributed by atoms with Crippen molar-refractivity contribution >= 4 is 79.1 Å². The molecule has 0 bridgehead atoms. The van der Waals surface area contributed by atoms with Crippen molar-refractivity contribution in [3.8, 4) is 5.75 Å². The van der Waals surface area contributed by atoms with E-state index in [0.717, 1.165) is 4.90 Å². The van der Waals surface area contributed by atoms with Crippen LogP contribution in [-0.4, -0.2) is 191 Å². The van der Waals surface area contributed by atoms with Crippen LogP contribution in [0.3, 0.4) is 0 Å². The SMILES string of the molecule is CSCC[C@H](NC(=O)[C@@H]1CCCN1C(=O)[C@H](CC(N)=O)NC(=O)[C@@H]1CCCN1C(=O)[C@H](Cc1cnc[nH]1)NC(=O)[C@@H](N)CC(C)C)C(=O)N[C@@H](Cc1ccc(O[P+](O)(O)O)cc1)C(=O)N[C@@H](C)C(=O)N[C@@H](CCCNC(N)N)C(=O)O. The van der Waals surface area contributed by atoms with Crippen molar-refractivity contribution in [2.45, 2.75) is 152 Å². The Morgan fingerprint density at radius 1 is 0.741 bits per heavy atom. The van der Waals surface area contributed by atoms with Gasteiger partial charge in [0.15, 0.2) is 5.75 Å². The highest BCUT2D eigenvalue weighted by atomic mass is 32.2. The van der Waals surface area contributed by atoms with Crippen molar-refractivity contribution in [1.82, 2.24) is 57.0 Å². The number of aromatic nitrogens is 2. The lowest BCUT2D eigenvalue weighted by molar-refractivity contribution is -0.145. The van der Waals surface area contributed by atoms with Crippen LogP contribution in [0.4, 0.5) is 0 Å². The molecule has 1 aromatic heterocycles. The number of nitrogens with one attached hydrogen (secondary N) is 8. The first-order valence-electron chi connectivity index (χ1n) is 26.4. The lowest BCUT2D eigenvalue weighted by atomic mass is 10.0. The summed E-state index contributed by atoms with van der Waals surface area (Å²) in [7, 11) is -4.69. The van der Waals surface area contributed by atoms with Gasteiger partial charge in [0.05, 0.1) is 18.8 Å². The molecule has 0 unspecified atom stereocenters. The number of primary amides is 1. The second-order valence-corrected chi connectivity index (χ2v) is 22.5. The van der Waals surface area contributed by atoms with Crippen molar-refractivity contribution in [1.29, 1.82) is 0 Å². The Labute approximate surface area is 473 Å². The zero-order valence-corrected chi connectivity index (χ0v) is 47.4. The maximum absolute atomic E-state index is 14.4. The minimum atomic E-state index is -4.69. The number of nitrogens with two attached hydrogens (primary N) is 4. The Morgan fingerprint density at radius 2 is 1.31 bits per heavy atom. The van der Waals surface area contributed by atoms with E-state index in [1.54, 1.807) is 6.26 Å². The van der Waals surface area contributed by atoms with E-state index in [2.05, 4.69) is 47.2 Å². The van der Waals surface area contributed by atoms with Crippen LogP contribution in [-0.2, 0) is 60.8 Å². The molecule has 9 amide bonds. The summed E-state index contributed by atoms with van der Waals surface area (Å²) in [5.41, 5.74) is 23.6. The van der Waals surface area contributed by atoms with Gasteiger partial charge in [0.1, 0.15) is 54.6 Å². The van der Waals surface area contributed by atoms with Gasteiger partial charge in [0, 0.05) is 37.8 Å². The summed E-state index contributed by atoms with van der Waals surface area (Å²) in [6, 6.07) is -6.32. The van der Waals surface area contributed by atoms with E-state index < -0.39 is 134 Å². The highest BCUT2D eigenvalue weighted by Gasteiger charge is 2.43. The number of thioether (sulfide) groups is 1. The van der Waals surface area contributed by atoms with Crippen LogP contribution in [0.1, 0.15) is 89.8 Å². The maximum Gasteiger partial charge on any atom is 0.613 e. The third-order valence-electron chi connectivity index (χ3n) is 13.2. The topological polar surface area (TPSA) is 484 Å². The van der Waals surface area contributed by atoms with E-state index >= 15 is 0 Å². The molecule has 2 aromatic rings. The van der Waals surface area contributed by atoms with Crippen LogP contribution in [0.25, 0.3) is 0 Å². The predicted molar refractivity (Wildman–Crippen MR) is 295 cm³/mol. The monoisotopic (exact) mass is 1180 g/mol. The molecule has 30 nitrogen and oxygen atoms in total. The fraction of sp³-hybridized carbons (Fsp3) is 0.612. The number of hydrogen-bond acceptors (Lipinski definition) is 20. The molecule has 20 N–H and O–H groups in total. The van der Waals surface area contributed by atoms with Gasteiger partial charge in [-0.05, 0) is 100 Å². The number of H-pyrrole nitrogens is 1. The second-order valence-electron chi connectivity index (χ2n) is 20.3. The molecule has 2 aliphatic heterocycles. The maximum atomic E-state index is 14.4. The van der Waals surface area contributed by atoms with Gasteiger partial charge < -0.3 is 74.7 Å². The van der Waals surface area contributed by atoms with Crippen molar-refractivity contribution in [2.24, 2.45) is 28.9 Å². The summed E-state index contributed by atoms with van der Waals surface area (Å²) >= 11 is 1.33. The number of benzene rings is 1. The number of amides is 9. The number of carboxylic acid groups (broad SMARTS) is 1. The average Bonchev–Trinajstić information content (AvgIpc) is 4.29. The number of carbonyl (C=O) groups is 10. The first kappa shape index (κ1) is 66.9. The summed E-state index contributed by atoms with van der Waals surface area (Å²) in [6.45, 7) is 5.43. The largest absolute Gasteiger partial charge is 0.613 e. The normalized spacial score (nSPS) is 17.9. The number of imidazole rings is 1. The van der Waals surface area contributed by atoms with Crippen molar-refractivity contribution in [3.63, 3.8) is 0 Å². The van der Waals surface area contributed by atoms with Crippen LogP contribution < -0.4 is 64.7 Å². The second kappa shape index (κ2) is 32.2. The van der Waals surface area contributed by atoms with Crippen molar-refractivity contribution in [2.75, 3.05) is 31.6 Å². The van der Waals surface area contributed by atoms with E-state index in [1.807, 2.05) is 13.8 Å². The van der Waals surface area contributed by atoms with E-state index in [4.69, 9.17) is 27.5 Å². The van der Waals surface area contributed by atoms with Crippen LogP contribution >= 0.6 is 19.9 Å². The molecule has 0 spiro atoms. The minimum absolute atomic E-state index is 0.00435. The molecule has 1 aromatic carbocycles. The Morgan fingerprint density at radius 3 is 1.84 bits per heavy atom. The van der Waals surface area contributed by atoms with E-state index in [9.17, 15) is 67.7 Å². The molecule has 0 radical (unpaired) electrons. The highest BCUT2D eigenvalue weighted by molar-refractivity contribution is 7.98. The smallest absolute Gasteiger partial charge is 0.480 e. The van der Waals surface area contributed by atoms with Gasteiger partial charge in [-0.25, -0.2) is 9.78 Å². The van der Waals surface area contributed by atoms with Gasteiger partial charge in [0.2, 0.25) is 53.2 Å². The summed E-state index contributed by atoms with van der Waals surface area (Å²) in [4.78, 5) is 174. The van der Waals surface area contributed by atoms with Gasteiger partial charge in [-0.1, -0.05) is 26.0 Å². The predicted octanol–water partition coefficient (Wildman–Crippen LogP) is -4.20. The Kier molecular flexibility index (Phi) is 26.6. The average molecular weight is 1180 g/mol. The van der Waals surface area contributed by atoms with Gasteiger partial charge in [-0.2, -0.15) is 26.4 Å². The Bertz CT molecular complexity index is 2470. The van der Waals surface area contributed by atoms with E-state index in [1.165, 1.54) is 60.4 Å². The van der Waals surface area contributed by atoms with Gasteiger partial charge in [-0.15, -0.1) is 0 Å². The van der Waals surface area contributed by atoms with Crippen molar-refractivity contribution in [3.05, 3.63) is 48.0 Å². The number of likely N-dealkylation sites (tertiary alicyclic amines) is 2. The molecular formula is C49H79N15O15PS+. The first-order valence-corrected chi connectivity index (χ1v) is 29.4. The van der Waals surface area contributed by atoms with Crippen LogP contribution in [0.2, 0.25) is 0 Å². The Hall–Kier alpha value is -6.57. The quantitative estimate of drug-likeness (QED) is 0.0183. The van der Waals surface area contributed by atoms with Gasteiger partial charge in [-0.3, -0.25) is 53.0 Å². The highest BCUT2D eigenvalue weighted by Crippen LogP contribution is 2.46. The molecule has 450 valence electrons. The molecule has 9 atom stereocenters. The molecule has 4 rings (SSSR count). The fourth-order valence-corrected chi connectivity index (χ4v) is 10.1.